The number of nitrogens with two attached hydrogens (primary N) is 1. The predicted molar refractivity (Wildman–Crippen MR) is 207 cm³/mol. The van der Waals surface area contributed by atoms with Gasteiger partial charge >= 0.3 is 5.97 Å². The Morgan fingerprint density at radius 2 is 1.61 bits per heavy atom. The van der Waals surface area contributed by atoms with Crippen molar-refractivity contribution in [3.05, 3.63) is 102 Å². The number of likely N-dealkylation sites (tertiary alicyclic amines) is 1. The maximum Gasteiger partial charge on any atom is 0.303 e. The summed E-state index contributed by atoms with van der Waals surface area (Å²) in [6.07, 6.45) is 1.39. The third kappa shape index (κ3) is 11.6. The zero-order chi connectivity index (χ0) is 39.1. The molecule has 4 rings (SSSR count). The van der Waals surface area contributed by atoms with Crippen LogP contribution in [0.2, 0.25) is 0 Å². The van der Waals surface area contributed by atoms with Crippen molar-refractivity contribution in [1.29, 1.82) is 0 Å². The molecule has 3 aromatic carbocycles. The second-order valence-electron chi connectivity index (χ2n) is 14.3. The van der Waals surface area contributed by atoms with Gasteiger partial charge in [0.15, 0.2) is 0 Å². The lowest BCUT2D eigenvalue weighted by molar-refractivity contribution is -0.144. The number of hydrogen-bond acceptors (Lipinski definition) is 8. The zero-order valence-corrected chi connectivity index (χ0v) is 31.7. The van der Waals surface area contributed by atoms with Crippen LogP contribution in [0, 0.1) is 5.92 Å². The zero-order valence-electron chi connectivity index (χ0n) is 31.7. The molecule has 1 aliphatic heterocycles. The molecule has 0 radical (unpaired) electrons. The first-order chi connectivity index (χ1) is 26.0. The Hall–Kier alpha value is -4.78. The molecule has 54 heavy (non-hydrogen) atoms. The number of carbonyl (C=O) groups is 4. The topological polar surface area (TPSA) is 183 Å². The fourth-order valence-electron chi connectivity index (χ4n) is 7.12. The van der Waals surface area contributed by atoms with Gasteiger partial charge in [-0.1, -0.05) is 93.1 Å². The molecule has 0 bridgehead atoms. The van der Waals surface area contributed by atoms with Crippen molar-refractivity contribution >= 4 is 23.7 Å². The van der Waals surface area contributed by atoms with E-state index >= 15 is 0 Å². The summed E-state index contributed by atoms with van der Waals surface area (Å²) < 4.78 is 5.34. The summed E-state index contributed by atoms with van der Waals surface area (Å²) in [6, 6.07) is 24.5. The van der Waals surface area contributed by atoms with E-state index in [0.717, 1.165) is 22.4 Å². The molecule has 3 aromatic rings. The van der Waals surface area contributed by atoms with Crippen LogP contribution in [0.15, 0.2) is 84.9 Å². The first-order valence-electron chi connectivity index (χ1n) is 19.0. The van der Waals surface area contributed by atoms with Crippen molar-refractivity contribution in [2.45, 2.75) is 102 Å². The third-order valence-electron chi connectivity index (χ3n) is 10.6. The van der Waals surface area contributed by atoms with Crippen molar-refractivity contribution in [2.24, 2.45) is 11.7 Å². The van der Waals surface area contributed by atoms with Crippen LogP contribution in [0.3, 0.4) is 0 Å². The highest BCUT2D eigenvalue weighted by Crippen LogP contribution is 2.35. The van der Waals surface area contributed by atoms with Gasteiger partial charge in [0, 0.05) is 26.1 Å². The summed E-state index contributed by atoms with van der Waals surface area (Å²) in [5.41, 5.74) is 7.83. The molecule has 3 amide bonds. The van der Waals surface area contributed by atoms with Gasteiger partial charge in [0.2, 0.25) is 17.7 Å². The van der Waals surface area contributed by atoms with Gasteiger partial charge in [-0.2, -0.15) is 0 Å². The number of hydrogen-bond donors (Lipinski definition) is 6. The Balaban J connectivity index is 1.57. The Bertz CT molecular complexity index is 1660. The Labute approximate surface area is 318 Å². The Kier molecular flexibility index (Phi) is 16.0. The Morgan fingerprint density at radius 3 is 2.26 bits per heavy atom. The highest BCUT2D eigenvalue weighted by atomic mass is 16.5. The summed E-state index contributed by atoms with van der Waals surface area (Å²) in [5.74, 6) is -1.76. The van der Waals surface area contributed by atoms with E-state index in [1.165, 1.54) is 0 Å². The molecule has 1 aliphatic rings. The van der Waals surface area contributed by atoms with Gasteiger partial charge < -0.3 is 41.5 Å². The highest BCUT2D eigenvalue weighted by Gasteiger charge is 2.53. The van der Waals surface area contributed by atoms with Gasteiger partial charge in [-0.25, -0.2) is 0 Å². The van der Waals surface area contributed by atoms with E-state index in [0.29, 0.717) is 32.2 Å². The molecule has 6 atom stereocenters. The molecule has 1 fully saturated rings. The smallest absolute Gasteiger partial charge is 0.303 e. The van der Waals surface area contributed by atoms with Crippen LogP contribution in [0.4, 0.5) is 0 Å². The summed E-state index contributed by atoms with van der Waals surface area (Å²) in [5, 5.41) is 30.0. The van der Waals surface area contributed by atoms with E-state index in [9.17, 15) is 24.3 Å². The highest BCUT2D eigenvalue weighted by molar-refractivity contribution is 5.97. The van der Waals surface area contributed by atoms with Crippen LogP contribution in [0.25, 0.3) is 0 Å². The number of aliphatic hydroxyl groups is 1. The molecule has 12 heteroatoms. The number of nitrogens with zero attached hydrogens (tertiary/aromatic N) is 1. The molecular weight excluding hydrogens is 686 g/mol. The number of aliphatic hydroxyl groups excluding tert-OH is 1. The van der Waals surface area contributed by atoms with Gasteiger partial charge in [0.05, 0.1) is 25.3 Å². The number of rotatable bonds is 22. The minimum absolute atomic E-state index is 0.110. The second kappa shape index (κ2) is 20.6. The number of methoxy groups -OCH3 is 1. The van der Waals surface area contributed by atoms with Crippen molar-refractivity contribution < 1.29 is 34.1 Å². The number of amides is 3. The van der Waals surface area contributed by atoms with Crippen molar-refractivity contribution in [3.63, 3.8) is 0 Å². The van der Waals surface area contributed by atoms with Crippen LogP contribution in [-0.4, -0.2) is 88.8 Å². The minimum atomic E-state index is -1.28. The van der Waals surface area contributed by atoms with E-state index in [2.05, 4.69) is 16.0 Å². The summed E-state index contributed by atoms with van der Waals surface area (Å²) >= 11 is 0. The molecule has 0 saturated carbocycles. The molecule has 1 unspecified atom stereocenters. The number of aliphatic carboxylic acids is 1. The van der Waals surface area contributed by atoms with E-state index < -0.39 is 41.6 Å². The standard InChI is InChI=1S/C42H57N5O7/c1-4-29(2)42(46-39(51)34(43)19-12-20-38(49)50)23-24-47(41(42)53)36(22-21-30-13-7-5-8-14-30)40(52)45-35(26-31-15-9-6-10-16-31)37(48)28-44-27-32-17-11-18-33(25-32)54-3/h5-11,13-18,25,29,34-37,44,48H,4,12,19-24,26-28,43H2,1-3H3,(H,45,52)(H,46,51)(H,49,50)/t29-,34-,35-,36+,37?,42-/m0/s1. The minimum Gasteiger partial charge on any atom is -0.497 e. The van der Waals surface area contributed by atoms with Crippen LogP contribution in [-0.2, 0) is 38.6 Å². The molecule has 0 spiro atoms. The average molecular weight is 744 g/mol. The molecule has 1 heterocycles. The maximum absolute atomic E-state index is 14.6. The van der Waals surface area contributed by atoms with Crippen LogP contribution in [0.1, 0.15) is 69.1 Å². The summed E-state index contributed by atoms with van der Waals surface area (Å²) in [6.45, 7) is 4.76. The fraction of sp³-hybridized carbons (Fsp3) is 0.476. The molecule has 7 N–H and O–H groups in total. The maximum atomic E-state index is 14.6. The van der Waals surface area contributed by atoms with Gasteiger partial charge in [0.25, 0.3) is 0 Å². The third-order valence-corrected chi connectivity index (χ3v) is 10.6. The summed E-state index contributed by atoms with van der Waals surface area (Å²) in [7, 11) is 1.61. The van der Waals surface area contributed by atoms with Gasteiger partial charge in [0.1, 0.15) is 17.3 Å². The first-order valence-corrected chi connectivity index (χ1v) is 19.0. The average Bonchev–Trinajstić information content (AvgIpc) is 3.50. The second-order valence-corrected chi connectivity index (χ2v) is 14.3. The number of nitrogens with one attached hydrogen (secondary N) is 3. The van der Waals surface area contributed by atoms with Gasteiger partial charge in [-0.3, -0.25) is 19.2 Å². The van der Waals surface area contributed by atoms with Gasteiger partial charge in [-0.15, -0.1) is 0 Å². The Morgan fingerprint density at radius 1 is 0.944 bits per heavy atom. The van der Waals surface area contributed by atoms with E-state index in [4.69, 9.17) is 15.6 Å². The number of ether oxygens (including phenoxy) is 1. The lowest BCUT2D eigenvalue weighted by Gasteiger charge is -2.37. The largest absolute Gasteiger partial charge is 0.497 e. The van der Waals surface area contributed by atoms with Crippen LogP contribution in [0.5, 0.6) is 5.75 Å². The SMILES string of the molecule is CC[C@H](C)[C@@]1(NC(=O)[C@@H](N)CCCC(=O)O)CCN([C@H](CCc2ccccc2)C(=O)N[C@@H](Cc2ccccc2)C(O)CNCc2cccc(OC)c2)C1=O. The molecule has 12 nitrogen and oxygen atoms in total. The summed E-state index contributed by atoms with van der Waals surface area (Å²) in [4.78, 5) is 55.1. The van der Waals surface area contributed by atoms with Crippen molar-refractivity contribution in [2.75, 3.05) is 20.2 Å². The van der Waals surface area contributed by atoms with E-state index in [-0.39, 0.29) is 56.5 Å². The van der Waals surface area contributed by atoms with Crippen LogP contribution >= 0.6 is 0 Å². The van der Waals surface area contributed by atoms with Crippen LogP contribution < -0.4 is 26.4 Å². The fourth-order valence-corrected chi connectivity index (χ4v) is 7.12. The van der Waals surface area contributed by atoms with E-state index in [1.807, 2.05) is 98.8 Å². The number of carbonyl (C=O) groups excluding carboxylic acids is 3. The lowest BCUT2D eigenvalue weighted by Crippen LogP contribution is -2.63. The number of carboxylic acid groups (broad SMARTS) is 1. The normalized spacial score (nSPS) is 18.3. The lowest BCUT2D eigenvalue weighted by atomic mass is 9.81. The number of aryl methyl sites for hydroxylation is 1. The quantitative estimate of drug-likeness (QED) is 0.0896. The predicted octanol–water partition coefficient (Wildman–Crippen LogP) is 3.59. The van der Waals surface area contributed by atoms with Crippen molar-refractivity contribution in [1.82, 2.24) is 20.9 Å². The molecule has 292 valence electrons. The monoisotopic (exact) mass is 743 g/mol. The van der Waals surface area contributed by atoms with E-state index in [1.54, 1.807) is 12.0 Å². The number of carboxylic acids is 1. The van der Waals surface area contributed by atoms with Gasteiger partial charge in [-0.05, 0) is 73.3 Å². The van der Waals surface area contributed by atoms with Crippen molar-refractivity contribution in [3.8, 4) is 5.75 Å². The molecular formula is C42H57N5O7. The number of benzene rings is 3. The molecule has 0 aliphatic carbocycles. The first kappa shape index (κ1) is 42.0. The molecule has 0 aromatic heterocycles. The molecule has 1 saturated heterocycles.